The minimum absolute atomic E-state index is 0.348. The molecule has 0 atom stereocenters. The van der Waals surface area contributed by atoms with Gasteiger partial charge in [0.2, 0.25) is 0 Å². The molecular formula is C9H8F5NO. The molecule has 0 saturated carbocycles. The van der Waals surface area contributed by atoms with E-state index in [1.165, 1.54) is 0 Å². The minimum atomic E-state index is -4.60. The zero-order chi connectivity index (χ0) is 12.4. The van der Waals surface area contributed by atoms with Gasteiger partial charge < -0.3 is 5.11 Å². The summed E-state index contributed by atoms with van der Waals surface area (Å²) in [6.45, 7) is -0.768. The van der Waals surface area contributed by atoms with E-state index in [2.05, 4.69) is 4.98 Å². The first-order valence-electron chi connectivity index (χ1n) is 4.30. The van der Waals surface area contributed by atoms with E-state index in [-0.39, 0.29) is 0 Å². The van der Waals surface area contributed by atoms with Crippen molar-refractivity contribution >= 4 is 0 Å². The monoisotopic (exact) mass is 241 g/mol. The fourth-order valence-electron chi connectivity index (χ4n) is 1.05. The average molecular weight is 241 g/mol. The lowest BCUT2D eigenvalue weighted by atomic mass is 10.1. The van der Waals surface area contributed by atoms with Crippen LogP contribution in [0.5, 0.6) is 0 Å². The second-order valence-corrected chi connectivity index (χ2v) is 3.11. The SMILES string of the molecule is OCCC(F)(F)c1ccc(C(F)(F)F)cn1. The molecule has 1 heterocycles. The molecule has 1 rings (SSSR count). The highest BCUT2D eigenvalue weighted by molar-refractivity contribution is 5.19. The van der Waals surface area contributed by atoms with Crippen LogP contribution in [-0.2, 0) is 12.1 Å². The second-order valence-electron chi connectivity index (χ2n) is 3.11. The van der Waals surface area contributed by atoms with Gasteiger partial charge in [-0.15, -0.1) is 0 Å². The molecule has 2 nitrogen and oxygen atoms in total. The van der Waals surface area contributed by atoms with E-state index in [4.69, 9.17) is 5.11 Å². The molecule has 16 heavy (non-hydrogen) atoms. The Bertz CT molecular complexity index is 346. The topological polar surface area (TPSA) is 33.1 Å². The largest absolute Gasteiger partial charge is 0.417 e. The van der Waals surface area contributed by atoms with Crippen molar-refractivity contribution in [3.63, 3.8) is 0 Å². The Balaban J connectivity index is 2.95. The van der Waals surface area contributed by atoms with Crippen LogP contribution in [-0.4, -0.2) is 16.7 Å². The number of halogens is 5. The van der Waals surface area contributed by atoms with E-state index < -0.39 is 36.4 Å². The van der Waals surface area contributed by atoms with Crippen LogP contribution in [0.2, 0.25) is 0 Å². The lowest BCUT2D eigenvalue weighted by Gasteiger charge is -2.14. The molecule has 0 amide bonds. The molecule has 0 aliphatic heterocycles. The van der Waals surface area contributed by atoms with Crippen molar-refractivity contribution in [2.45, 2.75) is 18.5 Å². The quantitative estimate of drug-likeness (QED) is 0.825. The van der Waals surface area contributed by atoms with Crippen molar-refractivity contribution in [2.75, 3.05) is 6.61 Å². The molecule has 0 aromatic carbocycles. The minimum Gasteiger partial charge on any atom is -0.396 e. The van der Waals surface area contributed by atoms with E-state index in [1.807, 2.05) is 0 Å². The highest BCUT2D eigenvalue weighted by atomic mass is 19.4. The summed E-state index contributed by atoms with van der Waals surface area (Å²) in [6.07, 6.45) is -5.12. The van der Waals surface area contributed by atoms with Gasteiger partial charge in [-0.05, 0) is 12.1 Å². The summed E-state index contributed by atoms with van der Waals surface area (Å²) in [5.74, 6) is -3.42. The molecule has 0 unspecified atom stereocenters. The van der Waals surface area contributed by atoms with Crippen LogP contribution in [0, 0.1) is 0 Å². The third-order valence-electron chi connectivity index (χ3n) is 1.89. The summed E-state index contributed by atoms with van der Waals surface area (Å²) in [6, 6.07) is 1.14. The van der Waals surface area contributed by atoms with E-state index in [9.17, 15) is 22.0 Å². The summed E-state index contributed by atoms with van der Waals surface area (Å²) in [7, 11) is 0. The zero-order valence-corrected chi connectivity index (χ0v) is 7.93. The van der Waals surface area contributed by atoms with Crippen molar-refractivity contribution in [1.82, 2.24) is 4.98 Å². The molecule has 90 valence electrons. The number of aromatic nitrogens is 1. The number of rotatable bonds is 3. The maximum atomic E-state index is 13.1. The van der Waals surface area contributed by atoms with Gasteiger partial charge in [-0.1, -0.05) is 0 Å². The highest BCUT2D eigenvalue weighted by Gasteiger charge is 2.35. The predicted molar refractivity (Wildman–Crippen MR) is 44.8 cm³/mol. The molecule has 1 N–H and O–H groups in total. The number of aliphatic hydroxyl groups is 1. The molecule has 0 spiro atoms. The van der Waals surface area contributed by atoms with Crippen molar-refractivity contribution in [3.8, 4) is 0 Å². The number of nitrogens with zero attached hydrogens (tertiary/aromatic N) is 1. The molecule has 0 fully saturated rings. The van der Waals surface area contributed by atoms with Crippen LogP contribution in [0.4, 0.5) is 22.0 Å². The van der Waals surface area contributed by atoms with Crippen LogP contribution >= 0.6 is 0 Å². The van der Waals surface area contributed by atoms with E-state index in [1.54, 1.807) is 0 Å². The van der Waals surface area contributed by atoms with Crippen LogP contribution in [0.3, 0.4) is 0 Å². The Morgan fingerprint density at radius 1 is 1.12 bits per heavy atom. The fraction of sp³-hybridized carbons (Fsp3) is 0.444. The number of hydrogen-bond acceptors (Lipinski definition) is 2. The average Bonchev–Trinajstić information content (AvgIpc) is 2.16. The van der Waals surface area contributed by atoms with Crippen LogP contribution in [0.15, 0.2) is 18.3 Å². The summed E-state index contributed by atoms with van der Waals surface area (Å²) in [5, 5.41) is 8.36. The Morgan fingerprint density at radius 3 is 2.12 bits per heavy atom. The van der Waals surface area contributed by atoms with Crippen LogP contribution in [0.25, 0.3) is 0 Å². The van der Waals surface area contributed by atoms with Gasteiger partial charge >= 0.3 is 6.18 Å². The summed E-state index contributed by atoms with van der Waals surface area (Å²) in [4.78, 5) is 3.05. The van der Waals surface area contributed by atoms with Gasteiger partial charge in [0, 0.05) is 19.2 Å². The van der Waals surface area contributed by atoms with Gasteiger partial charge in [0.05, 0.1) is 5.56 Å². The third-order valence-corrected chi connectivity index (χ3v) is 1.89. The molecule has 1 aromatic rings. The van der Waals surface area contributed by atoms with E-state index in [0.29, 0.717) is 18.3 Å². The predicted octanol–water partition coefficient (Wildman–Crippen LogP) is 2.57. The first-order valence-corrected chi connectivity index (χ1v) is 4.30. The standard InChI is InChI=1S/C9H8F5NO/c10-8(11,3-4-16)7-2-1-6(5-15-7)9(12,13)14/h1-2,5,16H,3-4H2. The maximum absolute atomic E-state index is 13.1. The molecular weight excluding hydrogens is 233 g/mol. The Labute approximate surface area is 87.7 Å². The number of pyridine rings is 1. The van der Waals surface area contributed by atoms with Gasteiger partial charge in [-0.2, -0.15) is 22.0 Å². The molecule has 0 aliphatic rings. The fourth-order valence-corrected chi connectivity index (χ4v) is 1.05. The first kappa shape index (κ1) is 12.8. The number of alkyl halides is 5. The molecule has 0 aliphatic carbocycles. The third kappa shape index (κ3) is 2.88. The molecule has 1 aromatic heterocycles. The van der Waals surface area contributed by atoms with Crippen molar-refractivity contribution < 1.29 is 27.1 Å². The molecule has 7 heteroatoms. The Morgan fingerprint density at radius 2 is 1.75 bits per heavy atom. The van der Waals surface area contributed by atoms with Crippen LogP contribution in [0.1, 0.15) is 17.7 Å². The van der Waals surface area contributed by atoms with Gasteiger partial charge in [-0.25, -0.2) is 0 Å². The highest BCUT2D eigenvalue weighted by Crippen LogP contribution is 2.33. The molecule has 0 radical (unpaired) electrons. The van der Waals surface area contributed by atoms with Gasteiger partial charge in [0.15, 0.2) is 0 Å². The lowest BCUT2D eigenvalue weighted by Crippen LogP contribution is -2.17. The second kappa shape index (κ2) is 4.32. The smallest absolute Gasteiger partial charge is 0.396 e. The zero-order valence-electron chi connectivity index (χ0n) is 7.93. The van der Waals surface area contributed by atoms with Gasteiger partial charge in [0.1, 0.15) is 5.69 Å². The molecule has 0 bridgehead atoms. The lowest BCUT2D eigenvalue weighted by molar-refractivity contribution is -0.138. The number of hydrogen-bond donors (Lipinski definition) is 1. The van der Waals surface area contributed by atoms with Gasteiger partial charge in [0.25, 0.3) is 5.92 Å². The first-order chi connectivity index (χ1) is 7.27. The summed E-state index contributed by atoms with van der Waals surface area (Å²) in [5.41, 5.74) is -1.87. The van der Waals surface area contributed by atoms with E-state index in [0.717, 1.165) is 0 Å². The van der Waals surface area contributed by atoms with Crippen molar-refractivity contribution in [1.29, 1.82) is 0 Å². The van der Waals surface area contributed by atoms with Crippen molar-refractivity contribution in [3.05, 3.63) is 29.6 Å². The number of aliphatic hydroxyl groups excluding tert-OH is 1. The van der Waals surface area contributed by atoms with Crippen molar-refractivity contribution in [2.24, 2.45) is 0 Å². The maximum Gasteiger partial charge on any atom is 0.417 e. The Hall–Kier alpha value is -1.24. The van der Waals surface area contributed by atoms with Gasteiger partial charge in [-0.3, -0.25) is 4.98 Å². The summed E-state index contributed by atoms with van der Waals surface area (Å²) >= 11 is 0. The van der Waals surface area contributed by atoms with E-state index >= 15 is 0 Å². The summed E-state index contributed by atoms with van der Waals surface area (Å²) < 4.78 is 62.5. The normalized spacial score (nSPS) is 12.9. The Kier molecular flexibility index (Phi) is 3.47. The van der Waals surface area contributed by atoms with Crippen LogP contribution < -0.4 is 0 Å². The molecule has 0 saturated heterocycles.